The standard InChI is InChI=1S/C26H48O9/c1-7-15(4)21(11-19(29)10-18(28)9-3)33-24(31)13-20(30)12-22(16(5)8-2)34-26-17(6)25(32)23(14-27)35-26/h15-17,19-23,25-27,29-30,32H,7-14H2,1-6H3. The minimum atomic E-state index is -1.01. The van der Waals surface area contributed by atoms with Gasteiger partial charge in [0.05, 0.1) is 37.4 Å². The monoisotopic (exact) mass is 504 g/mol. The summed E-state index contributed by atoms with van der Waals surface area (Å²) in [6, 6.07) is 0. The van der Waals surface area contributed by atoms with Crippen molar-refractivity contribution in [2.75, 3.05) is 6.61 Å². The van der Waals surface area contributed by atoms with Crippen LogP contribution in [0.15, 0.2) is 0 Å². The van der Waals surface area contributed by atoms with Gasteiger partial charge in [0.15, 0.2) is 6.29 Å². The lowest BCUT2D eigenvalue weighted by molar-refractivity contribution is -0.195. The van der Waals surface area contributed by atoms with Crippen molar-refractivity contribution >= 4 is 11.8 Å². The van der Waals surface area contributed by atoms with Crippen LogP contribution in [-0.4, -0.2) is 81.7 Å². The molecule has 1 saturated heterocycles. The van der Waals surface area contributed by atoms with Crippen molar-refractivity contribution in [1.29, 1.82) is 0 Å². The zero-order valence-electron chi connectivity index (χ0n) is 22.3. The lowest BCUT2D eigenvalue weighted by Gasteiger charge is -2.30. The number of Topliss-reactive ketones (excluding diaryl/α,β-unsaturated/α-hetero) is 1. The minimum Gasteiger partial charge on any atom is -0.462 e. The van der Waals surface area contributed by atoms with E-state index in [-0.39, 0.29) is 55.8 Å². The summed E-state index contributed by atoms with van der Waals surface area (Å²) in [7, 11) is 0. The van der Waals surface area contributed by atoms with Crippen molar-refractivity contribution in [3.8, 4) is 0 Å². The Morgan fingerprint density at radius 1 is 0.943 bits per heavy atom. The van der Waals surface area contributed by atoms with Gasteiger partial charge in [-0.1, -0.05) is 54.4 Å². The molecule has 35 heavy (non-hydrogen) atoms. The lowest BCUT2D eigenvalue weighted by Crippen LogP contribution is -2.35. The largest absolute Gasteiger partial charge is 0.462 e. The normalized spacial score (nSPS) is 27.6. The fourth-order valence-electron chi connectivity index (χ4n) is 4.22. The number of hydrogen-bond donors (Lipinski definition) is 4. The average molecular weight is 505 g/mol. The maximum atomic E-state index is 12.6. The molecule has 1 heterocycles. The van der Waals surface area contributed by atoms with Crippen molar-refractivity contribution in [2.45, 2.75) is 129 Å². The number of ketones is 1. The second kappa shape index (κ2) is 15.9. The molecule has 9 nitrogen and oxygen atoms in total. The summed E-state index contributed by atoms with van der Waals surface area (Å²) in [5.74, 6) is -0.910. The summed E-state index contributed by atoms with van der Waals surface area (Å²) in [4.78, 5) is 24.3. The van der Waals surface area contributed by atoms with E-state index >= 15 is 0 Å². The third-order valence-corrected chi connectivity index (χ3v) is 7.26. The summed E-state index contributed by atoms with van der Waals surface area (Å²) in [6.07, 6.45) is -3.13. The zero-order valence-corrected chi connectivity index (χ0v) is 22.3. The molecule has 4 N–H and O–H groups in total. The Hall–Kier alpha value is -1.10. The number of aliphatic hydroxyl groups is 4. The first kappa shape index (κ1) is 31.9. The minimum absolute atomic E-state index is 0.00873. The SMILES string of the molecule is CCC(=O)CC(O)CC(OC(=O)CC(O)CC(OC1OC(CO)C(O)C1C)C(C)CC)C(C)CC. The number of carbonyl (C=O) groups excluding carboxylic acids is 2. The zero-order chi connectivity index (χ0) is 26.7. The second-order valence-corrected chi connectivity index (χ2v) is 10.1. The summed E-state index contributed by atoms with van der Waals surface area (Å²) in [5, 5.41) is 40.5. The summed E-state index contributed by atoms with van der Waals surface area (Å²) in [5.41, 5.74) is 0. The van der Waals surface area contributed by atoms with Crippen LogP contribution in [0.25, 0.3) is 0 Å². The Balaban J connectivity index is 2.71. The van der Waals surface area contributed by atoms with Crippen molar-refractivity contribution in [3.63, 3.8) is 0 Å². The highest BCUT2D eigenvalue weighted by molar-refractivity contribution is 5.78. The molecule has 1 aliphatic heterocycles. The van der Waals surface area contributed by atoms with E-state index in [0.717, 1.165) is 12.8 Å². The molecule has 0 amide bonds. The number of ether oxygens (including phenoxy) is 3. The van der Waals surface area contributed by atoms with Crippen LogP contribution >= 0.6 is 0 Å². The van der Waals surface area contributed by atoms with Crippen molar-refractivity contribution in [2.24, 2.45) is 17.8 Å². The first-order valence-electron chi connectivity index (χ1n) is 13.1. The summed E-state index contributed by atoms with van der Waals surface area (Å²) in [6.45, 7) is 11.1. The van der Waals surface area contributed by atoms with E-state index in [9.17, 15) is 30.0 Å². The van der Waals surface area contributed by atoms with E-state index in [1.807, 2.05) is 27.7 Å². The molecule has 1 rings (SSSR count). The van der Waals surface area contributed by atoms with E-state index in [1.165, 1.54) is 0 Å². The third-order valence-electron chi connectivity index (χ3n) is 7.26. The summed E-state index contributed by atoms with van der Waals surface area (Å²) < 4.78 is 17.4. The van der Waals surface area contributed by atoms with Crippen LogP contribution in [0.4, 0.5) is 0 Å². The molecular weight excluding hydrogens is 456 g/mol. The second-order valence-electron chi connectivity index (χ2n) is 10.1. The Kier molecular flexibility index (Phi) is 14.5. The smallest absolute Gasteiger partial charge is 0.308 e. The topological polar surface area (TPSA) is 143 Å². The molecule has 0 radical (unpaired) electrons. The van der Waals surface area contributed by atoms with Crippen LogP contribution < -0.4 is 0 Å². The van der Waals surface area contributed by atoms with Crippen LogP contribution in [0, 0.1) is 17.8 Å². The van der Waals surface area contributed by atoms with Gasteiger partial charge in [-0.25, -0.2) is 0 Å². The molecule has 0 saturated carbocycles. The molecule has 9 heteroatoms. The number of hydrogen-bond acceptors (Lipinski definition) is 9. The van der Waals surface area contributed by atoms with Crippen LogP contribution in [0.2, 0.25) is 0 Å². The van der Waals surface area contributed by atoms with Gasteiger partial charge < -0.3 is 34.6 Å². The van der Waals surface area contributed by atoms with E-state index in [0.29, 0.717) is 6.42 Å². The summed E-state index contributed by atoms with van der Waals surface area (Å²) >= 11 is 0. The van der Waals surface area contributed by atoms with Gasteiger partial charge in [0, 0.05) is 31.6 Å². The van der Waals surface area contributed by atoms with Gasteiger partial charge in [0.25, 0.3) is 0 Å². The van der Waals surface area contributed by atoms with Gasteiger partial charge in [-0.15, -0.1) is 0 Å². The van der Waals surface area contributed by atoms with E-state index < -0.39 is 48.9 Å². The Labute approximate surface area is 210 Å². The number of esters is 1. The molecule has 206 valence electrons. The Bertz CT molecular complexity index is 628. The Morgan fingerprint density at radius 2 is 1.49 bits per heavy atom. The molecule has 0 aliphatic carbocycles. The number of aliphatic hydroxyl groups excluding tert-OH is 4. The van der Waals surface area contributed by atoms with Crippen molar-refractivity contribution in [1.82, 2.24) is 0 Å². The fourth-order valence-corrected chi connectivity index (χ4v) is 4.22. The highest BCUT2D eigenvalue weighted by Gasteiger charge is 2.43. The fraction of sp³-hybridized carbons (Fsp3) is 0.923. The van der Waals surface area contributed by atoms with Crippen molar-refractivity contribution < 1.29 is 44.2 Å². The van der Waals surface area contributed by atoms with Gasteiger partial charge in [0.1, 0.15) is 18.0 Å². The maximum Gasteiger partial charge on any atom is 0.308 e. The van der Waals surface area contributed by atoms with Gasteiger partial charge in [-0.2, -0.15) is 0 Å². The van der Waals surface area contributed by atoms with E-state index in [4.69, 9.17) is 14.2 Å². The first-order chi connectivity index (χ1) is 16.5. The van der Waals surface area contributed by atoms with Crippen LogP contribution in [-0.2, 0) is 23.8 Å². The average Bonchev–Trinajstić information content (AvgIpc) is 3.09. The molecule has 0 bridgehead atoms. The molecule has 10 atom stereocenters. The van der Waals surface area contributed by atoms with Gasteiger partial charge in [-0.05, 0) is 11.8 Å². The molecule has 0 aromatic heterocycles. The lowest BCUT2D eigenvalue weighted by atomic mass is 9.94. The van der Waals surface area contributed by atoms with Crippen LogP contribution in [0.5, 0.6) is 0 Å². The van der Waals surface area contributed by atoms with E-state index in [1.54, 1.807) is 13.8 Å². The number of carbonyl (C=O) groups is 2. The first-order valence-corrected chi connectivity index (χ1v) is 13.1. The molecule has 0 aromatic carbocycles. The molecular formula is C26H48O9. The molecule has 10 unspecified atom stereocenters. The third kappa shape index (κ3) is 10.4. The van der Waals surface area contributed by atoms with Crippen molar-refractivity contribution in [3.05, 3.63) is 0 Å². The molecule has 0 spiro atoms. The van der Waals surface area contributed by atoms with Gasteiger partial charge >= 0.3 is 5.97 Å². The van der Waals surface area contributed by atoms with Gasteiger partial charge in [-0.3, -0.25) is 9.59 Å². The Morgan fingerprint density at radius 3 is 2.00 bits per heavy atom. The van der Waals surface area contributed by atoms with Gasteiger partial charge in [0.2, 0.25) is 0 Å². The molecule has 0 aromatic rings. The maximum absolute atomic E-state index is 12.6. The van der Waals surface area contributed by atoms with Crippen LogP contribution in [0.3, 0.4) is 0 Å². The molecule has 1 fully saturated rings. The van der Waals surface area contributed by atoms with E-state index in [2.05, 4.69) is 0 Å². The highest BCUT2D eigenvalue weighted by Crippen LogP contribution is 2.31. The quantitative estimate of drug-likeness (QED) is 0.220. The van der Waals surface area contributed by atoms with Crippen LogP contribution in [0.1, 0.15) is 86.5 Å². The number of rotatable bonds is 17. The highest BCUT2D eigenvalue weighted by atomic mass is 16.7. The predicted octanol–water partition coefficient (Wildman–Crippen LogP) is 2.35. The predicted molar refractivity (Wildman–Crippen MR) is 130 cm³/mol. The molecule has 1 aliphatic rings.